The second kappa shape index (κ2) is 8.15. The highest BCUT2D eigenvalue weighted by Gasteiger charge is 2.41. The molecule has 2 aromatic carbocycles. The quantitative estimate of drug-likeness (QED) is 0.825. The van der Waals surface area contributed by atoms with Gasteiger partial charge in [0.2, 0.25) is 5.91 Å². The van der Waals surface area contributed by atoms with Crippen LogP contribution in [-0.4, -0.2) is 60.0 Å². The van der Waals surface area contributed by atoms with Crippen molar-refractivity contribution in [3.63, 3.8) is 0 Å². The van der Waals surface area contributed by atoms with Gasteiger partial charge in [-0.25, -0.2) is 0 Å². The van der Waals surface area contributed by atoms with Crippen LogP contribution in [-0.2, 0) is 16.0 Å². The van der Waals surface area contributed by atoms with E-state index in [2.05, 4.69) is 0 Å². The lowest BCUT2D eigenvalue weighted by Crippen LogP contribution is -2.58. The van der Waals surface area contributed by atoms with E-state index in [0.717, 1.165) is 24.0 Å². The molecule has 4 rings (SSSR count). The standard InChI is InChI=1S/C23H26N2O3/c26-21(17-19-7-3-1-4-8-19)25-15-16-28-23(18-25)11-13-24(14-12-23)22(27)20-9-5-2-6-10-20/h1-10H,11-18H2. The lowest BCUT2D eigenvalue weighted by atomic mass is 9.88. The maximum Gasteiger partial charge on any atom is 0.253 e. The molecule has 0 unspecified atom stereocenters. The van der Waals surface area contributed by atoms with Crippen LogP contribution in [0.2, 0.25) is 0 Å². The first-order chi connectivity index (χ1) is 13.7. The van der Waals surface area contributed by atoms with Crippen molar-refractivity contribution in [2.45, 2.75) is 24.9 Å². The van der Waals surface area contributed by atoms with E-state index in [4.69, 9.17) is 4.74 Å². The van der Waals surface area contributed by atoms with Gasteiger partial charge in [0, 0.05) is 31.7 Å². The summed E-state index contributed by atoms with van der Waals surface area (Å²) in [5.41, 5.74) is 1.44. The van der Waals surface area contributed by atoms with E-state index in [1.807, 2.05) is 70.5 Å². The zero-order valence-corrected chi connectivity index (χ0v) is 16.0. The molecule has 5 nitrogen and oxygen atoms in total. The van der Waals surface area contributed by atoms with Gasteiger partial charge in [0.05, 0.1) is 18.6 Å². The average molecular weight is 378 g/mol. The third-order valence-electron chi connectivity index (χ3n) is 5.78. The Labute approximate surface area is 165 Å². The number of morpholine rings is 1. The third-order valence-corrected chi connectivity index (χ3v) is 5.78. The lowest BCUT2D eigenvalue weighted by Gasteiger charge is -2.47. The first kappa shape index (κ1) is 18.7. The summed E-state index contributed by atoms with van der Waals surface area (Å²) in [6, 6.07) is 19.3. The van der Waals surface area contributed by atoms with Crippen LogP contribution in [0.25, 0.3) is 0 Å². The Morgan fingerprint density at radius 2 is 1.50 bits per heavy atom. The van der Waals surface area contributed by atoms with Gasteiger partial charge in [-0.05, 0) is 30.5 Å². The van der Waals surface area contributed by atoms with Crippen molar-refractivity contribution in [1.29, 1.82) is 0 Å². The van der Waals surface area contributed by atoms with Gasteiger partial charge in [0.25, 0.3) is 5.91 Å². The van der Waals surface area contributed by atoms with Crippen molar-refractivity contribution in [2.24, 2.45) is 0 Å². The molecule has 0 atom stereocenters. The molecule has 2 amide bonds. The fourth-order valence-electron chi connectivity index (χ4n) is 4.12. The molecule has 0 aliphatic carbocycles. The highest BCUT2D eigenvalue weighted by molar-refractivity contribution is 5.94. The van der Waals surface area contributed by atoms with Crippen LogP contribution in [0.15, 0.2) is 60.7 Å². The van der Waals surface area contributed by atoms with Gasteiger partial charge < -0.3 is 14.5 Å². The zero-order chi connectivity index (χ0) is 19.4. The van der Waals surface area contributed by atoms with Crippen LogP contribution in [0, 0.1) is 0 Å². The summed E-state index contributed by atoms with van der Waals surface area (Å²) in [6.45, 7) is 3.14. The molecule has 0 saturated carbocycles. The van der Waals surface area contributed by atoms with E-state index in [1.54, 1.807) is 0 Å². The van der Waals surface area contributed by atoms with Gasteiger partial charge in [0.15, 0.2) is 0 Å². The number of hydrogen-bond acceptors (Lipinski definition) is 3. The summed E-state index contributed by atoms with van der Waals surface area (Å²) < 4.78 is 6.14. The van der Waals surface area contributed by atoms with E-state index >= 15 is 0 Å². The highest BCUT2D eigenvalue weighted by atomic mass is 16.5. The summed E-state index contributed by atoms with van der Waals surface area (Å²) in [6.07, 6.45) is 1.96. The average Bonchev–Trinajstić information content (AvgIpc) is 2.75. The van der Waals surface area contributed by atoms with Crippen molar-refractivity contribution in [1.82, 2.24) is 9.80 Å². The molecule has 2 aliphatic heterocycles. The fourth-order valence-corrected chi connectivity index (χ4v) is 4.12. The molecule has 2 aromatic rings. The summed E-state index contributed by atoms with van der Waals surface area (Å²) in [5, 5.41) is 0. The van der Waals surface area contributed by atoms with E-state index in [-0.39, 0.29) is 17.4 Å². The summed E-state index contributed by atoms with van der Waals surface area (Å²) in [5.74, 6) is 0.222. The van der Waals surface area contributed by atoms with Crippen molar-refractivity contribution < 1.29 is 14.3 Å². The van der Waals surface area contributed by atoms with E-state index in [9.17, 15) is 9.59 Å². The number of carbonyl (C=O) groups is 2. The van der Waals surface area contributed by atoms with Crippen LogP contribution in [0.1, 0.15) is 28.8 Å². The van der Waals surface area contributed by atoms with Crippen LogP contribution in [0.4, 0.5) is 0 Å². The van der Waals surface area contributed by atoms with Gasteiger partial charge in [-0.2, -0.15) is 0 Å². The maximum absolute atomic E-state index is 12.8. The Morgan fingerprint density at radius 3 is 2.18 bits per heavy atom. The predicted octanol–water partition coefficient (Wildman–Crippen LogP) is 2.76. The molecule has 2 saturated heterocycles. The number of likely N-dealkylation sites (tertiary alicyclic amines) is 1. The monoisotopic (exact) mass is 378 g/mol. The highest BCUT2D eigenvalue weighted by Crippen LogP contribution is 2.31. The fraction of sp³-hybridized carbons (Fsp3) is 0.391. The van der Waals surface area contributed by atoms with Crippen LogP contribution < -0.4 is 0 Å². The molecule has 5 heteroatoms. The number of benzene rings is 2. The molecule has 0 radical (unpaired) electrons. The number of ether oxygens (including phenoxy) is 1. The molecule has 28 heavy (non-hydrogen) atoms. The van der Waals surface area contributed by atoms with E-state index in [1.165, 1.54) is 0 Å². The first-order valence-corrected chi connectivity index (χ1v) is 9.95. The second-order valence-electron chi connectivity index (χ2n) is 7.67. The number of amides is 2. The van der Waals surface area contributed by atoms with Crippen LogP contribution in [0.5, 0.6) is 0 Å². The molecule has 2 fully saturated rings. The topological polar surface area (TPSA) is 49.9 Å². The SMILES string of the molecule is O=C(Cc1ccccc1)N1CCOC2(CCN(C(=O)c3ccccc3)CC2)C1. The smallest absolute Gasteiger partial charge is 0.253 e. The zero-order valence-electron chi connectivity index (χ0n) is 16.0. The minimum Gasteiger partial charge on any atom is -0.371 e. The summed E-state index contributed by atoms with van der Waals surface area (Å²) in [4.78, 5) is 29.3. The van der Waals surface area contributed by atoms with Gasteiger partial charge >= 0.3 is 0 Å². The second-order valence-corrected chi connectivity index (χ2v) is 7.67. The predicted molar refractivity (Wildman–Crippen MR) is 107 cm³/mol. The molecule has 2 aliphatic rings. The first-order valence-electron chi connectivity index (χ1n) is 9.95. The Balaban J connectivity index is 1.36. The molecule has 0 bridgehead atoms. The largest absolute Gasteiger partial charge is 0.371 e. The molecular weight excluding hydrogens is 352 g/mol. The Hall–Kier alpha value is -2.66. The van der Waals surface area contributed by atoms with Crippen molar-refractivity contribution >= 4 is 11.8 Å². The number of hydrogen-bond donors (Lipinski definition) is 0. The van der Waals surface area contributed by atoms with Gasteiger partial charge in [-0.3, -0.25) is 9.59 Å². The van der Waals surface area contributed by atoms with Crippen molar-refractivity contribution in [3.05, 3.63) is 71.8 Å². The summed E-state index contributed by atoms with van der Waals surface area (Å²) >= 11 is 0. The molecule has 2 heterocycles. The Kier molecular flexibility index (Phi) is 5.44. The number of carbonyl (C=O) groups excluding carboxylic acids is 2. The molecule has 1 spiro atoms. The van der Waals surface area contributed by atoms with E-state index < -0.39 is 0 Å². The van der Waals surface area contributed by atoms with E-state index in [0.29, 0.717) is 39.2 Å². The Morgan fingerprint density at radius 1 is 0.857 bits per heavy atom. The minimum absolute atomic E-state index is 0.0725. The van der Waals surface area contributed by atoms with Crippen LogP contribution >= 0.6 is 0 Å². The normalized spacial score (nSPS) is 18.9. The van der Waals surface area contributed by atoms with Crippen LogP contribution in [0.3, 0.4) is 0 Å². The van der Waals surface area contributed by atoms with Crippen molar-refractivity contribution in [2.75, 3.05) is 32.8 Å². The number of nitrogens with zero attached hydrogens (tertiary/aromatic N) is 2. The minimum atomic E-state index is -0.321. The number of rotatable bonds is 3. The lowest BCUT2D eigenvalue weighted by molar-refractivity contribution is -0.157. The molecule has 0 aromatic heterocycles. The summed E-state index contributed by atoms with van der Waals surface area (Å²) in [7, 11) is 0. The van der Waals surface area contributed by atoms with Crippen molar-refractivity contribution in [3.8, 4) is 0 Å². The van der Waals surface area contributed by atoms with Gasteiger partial charge in [-0.1, -0.05) is 48.5 Å². The molecular formula is C23H26N2O3. The van der Waals surface area contributed by atoms with Gasteiger partial charge in [-0.15, -0.1) is 0 Å². The molecule has 0 N–H and O–H groups in total. The third kappa shape index (κ3) is 4.09. The molecule has 146 valence electrons. The maximum atomic E-state index is 12.8. The number of piperidine rings is 1. The Bertz CT molecular complexity index is 814. The van der Waals surface area contributed by atoms with Gasteiger partial charge in [0.1, 0.15) is 0 Å².